The zero-order valence-electron chi connectivity index (χ0n) is 7.38. The van der Waals surface area contributed by atoms with Crippen molar-refractivity contribution in [2.45, 2.75) is 12.3 Å². The largest absolute Gasteiger partial charge is 0.396 e. The monoisotopic (exact) mass is 194 g/mol. The van der Waals surface area contributed by atoms with Crippen molar-refractivity contribution in [1.29, 1.82) is 0 Å². The number of aliphatic hydroxyl groups excluding tert-OH is 1. The zero-order chi connectivity index (χ0) is 9.80. The second kappa shape index (κ2) is 3.97. The van der Waals surface area contributed by atoms with Gasteiger partial charge in [0, 0.05) is 12.3 Å². The van der Waals surface area contributed by atoms with Crippen molar-refractivity contribution < 1.29 is 5.11 Å². The molecule has 0 amide bonds. The third-order valence-electron chi connectivity index (χ3n) is 2.03. The van der Waals surface area contributed by atoms with Crippen LogP contribution in [0.3, 0.4) is 0 Å². The summed E-state index contributed by atoms with van der Waals surface area (Å²) in [6.07, 6.45) is 3.87. The van der Waals surface area contributed by atoms with Crippen LogP contribution in [0.2, 0.25) is 0 Å². The lowest BCUT2D eigenvalue weighted by molar-refractivity contribution is 0.261. The lowest BCUT2D eigenvalue weighted by Crippen LogP contribution is -2.08. The predicted molar refractivity (Wildman–Crippen MR) is 46.3 cm³/mol. The highest BCUT2D eigenvalue weighted by molar-refractivity contribution is 5.06. The summed E-state index contributed by atoms with van der Waals surface area (Å²) in [6.45, 7) is 0.0306. The molecule has 2 aromatic heterocycles. The van der Waals surface area contributed by atoms with Crippen LogP contribution >= 0.6 is 0 Å². The van der Waals surface area contributed by atoms with Crippen LogP contribution < -0.4 is 0 Å². The fourth-order valence-corrected chi connectivity index (χ4v) is 1.26. The van der Waals surface area contributed by atoms with E-state index in [0.717, 1.165) is 11.4 Å². The van der Waals surface area contributed by atoms with E-state index in [1.165, 1.54) is 0 Å². The molecule has 0 radical (unpaired) electrons. The standard InChI is InChI=1S/C7H10N6O/c14-4-5(7-3-9-13-11-7)1-6-2-8-12-10-6/h2-3,5,14H,1,4H2,(H,8,10,12)(H,9,11,13). The first-order valence-electron chi connectivity index (χ1n) is 4.22. The van der Waals surface area contributed by atoms with Crippen molar-refractivity contribution in [1.82, 2.24) is 30.8 Å². The Balaban J connectivity index is 2.08. The molecule has 1 unspecified atom stereocenters. The molecule has 0 fully saturated rings. The van der Waals surface area contributed by atoms with Crippen LogP contribution in [0.1, 0.15) is 17.3 Å². The van der Waals surface area contributed by atoms with Gasteiger partial charge in [0.25, 0.3) is 0 Å². The molecule has 2 rings (SSSR count). The van der Waals surface area contributed by atoms with Gasteiger partial charge in [-0.1, -0.05) is 10.4 Å². The number of hydrogen-bond donors (Lipinski definition) is 3. The van der Waals surface area contributed by atoms with Crippen LogP contribution in [0.15, 0.2) is 12.4 Å². The predicted octanol–water partition coefficient (Wildman–Crippen LogP) is -0.759. The van der Waals surface area contributed by atoms with Crippen LogP contribution in [-0.2, 0) is 6.42 Å². The highest BCUT2D eigenvalue weighted by Crippen LogP contribution is 2.15. The number of aromatic nitrogens is 6. The van der Waals surface area contributed by atoms with Crippen LogP contribution in [0, 0.1) is 0 Å². The van der Waals surface area contributed by atoms with Gasteiger partial charge in [0.1, 0.15) is 0 Å². The summed E-state index contributed by atoms with van der Waals surface area (Å²) < 4.78 is 0. The number of nitrogens with one attached hydrogen (secondary N) is 2. The summed E-state index contributed by atoms with van der Waals surface area (Å²) in [7, 11) is 0. The van der Waals surface area contributed by atoms with Gasteiger partial charge in [0.2, 0.25) is 0 Å². The number of nitrogens with zero attached hydrogens (tertiary/aromatic N) is 4. The first kappa shape index (κ1) is 8.82. The van der Waals surface area contributed by atoms with E-state index in [9.17, 15) is 0 Å². The summed E-state index contributed by atoms with van der Waals surface area (Å²) in [6, 6.07) is 0. The minimum Gasteiger partial charge on any atom is -0.396 e. The first-order chi connectivity index (χ1) is 6.90. The maximum atomic E-state index is 9.17. The van der Waals surface area contributed by atoms with Gasteiger partial charge in [-0.15, -0.1) is 10.2 Å². The Morgan fingerprint density at radius 2 is 2.00 bits per heavy atom. The van der Waals surface area contributed by atoms with E-state index in [2.05, 4.69) is 30.8 Å². The van der Waals surface area contributed by atoms with Gasteiger partial charge in [0.15, 0.2) is 0 Å². The average Bonchev–Trinajstić information content (AvgIpc) is 2.86. The summed E-state index contributed by atoms with van der Waals surface area (Å²) in [5, 5.41) is 29.1. The highest BCUT2D eigenvalue weighted by atomic mass is 16.3. The molecule has 0 saturated carbocycles. The molecule has 2 heterocycles. The molecule has 0 spiro atoms. The molecule has 0 saturated heterocycles. The van der Waals surface area contributed by atoms with Gasteiger partial charge in [-0.25, -0.2) is 0 Å². The summed E-state index contributed by atoms with van der Waals surface area (Å²) in [4.78, 5) is 0. The molecule has 0 bridgehead atoms. The molecule has 74 valence electrons. The summed E-state index contributed by atoms with van der Waals surface area (Å²) in [5.41, 5.74) is 1.68. The van der Waals surface area contributed by atoms with E-state index in [0.29, 0.717) is 6.42 Å². The Labute approximate surface area is 79.5 Å². The summed E-state index contributed by atoms with van der Waals surface area (Å²) >= 11 is 0. The second-order valence-corrected chi connectivity index (χ2v) is 2.98. The highest BCUT2D eigenvalue weighted by Gasteiger charge is 2.14. The molecule has 1 atom stereocenters. The third kappa shape index (κ3) is 1.77. The van der Waals surface area contributed by atoms with Crippen LogP contribution in [0.25, 0.3) is 0 Å². The smallest absolute Gasteiger partial charge is 0.0726 e. The van der Waals surface area contributed by atoms with Gasteiger partial charge >= 0.3 is 0 Å². The minimum atomic E-state index is -0.0488. The van der Waals surface area contributed by atoms with Crippen LogP contribution in [0.5, 0.6) is 0 Å². The van der Waals surface area contributed by atoms with E-state index in [1.807, 2.05) is 0 Å². The Morgan fingerprint density at radius 1 is 1.21 bits per heavy atom. The minimum absolute atomic E-state index is 0.0306. The van der Waals surface area contributed by atoms with Crippen LogP contribution in [0.4, 0.5) is 0 Å². The van der Waals surface area contributed by atoms with E-state index >= 15 is 0 Å². The van der Waals surface area contributed by atoms with Gasteiger partial charge in [-0.2, -0.15) is 0 Å². The molecule has 7 heteroatoms. The number of aromatic amines is 2. The Morgan fingerprint density at radius 3 is 2.57 bits per heavy atom. The molecule has 0 aliphatic heterocycles. The number of hydrogen-bond acceptors (Lipinski definition) is 5. The molecule has 0 aliphatic carbocycles. The van der Waals surface area contributed by atoms with E-state index < -0.39 is 0 Å². The first-order valence-corrected chi connectivity index (χ1v) is 4.22. The van der Waals surface area contributed by atoms with Gasteiger partial charge in [-0.05, 0) is 0 Å². The van der Waals surface area contributed by atoms with Crippen molar-refractivity contribution in [3.63, 3.8) is 0 Å². The Kier molecular flexibility index (Phi) is 2.50. The molecule has 14 heavy (non-hydrogen) atoms. The molecule has 2 aromatic rings. The lowest BCUT2D eigenvalue weighted by Gasteiger charge is -2.08. The molecule has 7 nitrogen and oxygen atoms in total. The van der Waals surface area contributed by atoms with Gasteiger partial charge in [0.05, 0.1) is 30.4 Å². The van der Waals surface area contributed by atoms with Gasteiger partial charge in [-0.3, -0.25) is 10.2 Å². The zero-order valence-corrected chi connectivity index (χ0v) is 7.38. The molecular formula is C7H10N6O. The van der Waals surface area contributed by atoms with Crippen LogP contribution in [-0.4, -0.2) is 42.5 Å². The third-order valence-corrected chi connectivity index (χ3v) is 2.03. The summed E-state index contributed by atoms with van der Waals surface area (Å²) in [5.74, 6) is -0.0488. The number of rotatable bonds is 4. The van der Waals surface area contributed by atoms with E-state index in [1.54, 1.807) is 12.4 Å². The van der Waals surface area contributed by atoms with Crippen molar-refractivity contribution >= 4 is 0 Å². The van der Waals surface area contributed by atoms with Gasteiger partial charge < -0.3 is 5.11 Å². The average molecular weight is 194 g/mol. The molecule has 0 aromatic carbocycles. The molecule has 3 N–H and O–H groups in total. The van der Waals surface area contributed by atoms with E-state index in [-0.39, 0.29) is 12.5 Å². The number of H-pyrrole nitrogens is 2. The quantitative estimate of drug-likeness (QED) is 0.593. The SMILES string of the molecule is OCC(Cc1cnn[nH]1)c1cnn[nH]1. The number of aliphatic hydroxyl groups is 1. The fraction of sp³-hybridized carbons (Fsp3) is 0.429. The lowest BCUT2D eigenvalue weighted by atomic mass is 10.0. The Hall–Kier alpha value is -1.76. The Bertz CT molecular complexity index is 355. The molecular weight excluding hydrogens is 184 g/mol. The maximum absolute atomic E-state index is 9.17. The normalized spacial score (nSPS) is 12.9. The fourth-order valence-electron chi connectivity index (χ4n) is 1.26. The van der Waals surface area contributed by atoms with Crippen molar-refractivity contribution in [2.24, 2.45) is 0 Å². The van der Waals surface area contributed by atoms with Crippen molar-refractivity contribution in [3.8, 4) is 0 Å². The topological polar surface area (TPSA) is 103 Å². The molecule has 0 aliphatic rings. The van der Waals surface area contributed by atoms with E-state index in [4.69, 9.17) is 5.11 Å². The second-order valence-electron chi connectivity index (χ2n) is 2.98. The van der Waals surface area contributed by atoms with Crippen molar-refractivity contribution in [3.05, 3.63) is 23.8 Å². The maximum Gasteiger partial charge on any atom is 0.0726 e. The van der Waals surface area contributed by atoms with Crippen molar-refractivity contribution in [2.75, 3.05) is 6.61 Å².